The van der Waals surface area contributed by atoms with E-state index in [4.69, 9.17) is 9.47 Å². The second-order valence-corrected chi connectivity index (χ2v) is 8.51. The van der Waals surface area contributed by atoms with Crippen molar-refractivity contribution in [3.63, 3.8) is 0 Å². The predicted molar refractivity (Wildman–Crippen MR) is 107 cm³/mol. The Kier molecular flexibility index (Phi) is 6.05. The predicted octanol–water partition coefficient (Wildman–Crippen LogP) is 3.18. The normalized spacial score (nSPS) is 23.7. The Bertz CT molecular complexity index is 760. The largest absolute Gasteiger partial charge is 0.444 e. The molecule has 0 radical (unpaired) electrons. The fourth-order valence-electron chi connectivity index (χ4n) is 3.76. The van der Waals surface area contributed by atoms with E-state index in [0.29, 0.717) is 25.3 Å². The monoisotopic (exact) mass is 391 g/mol. The molecule has 28 heavy (non-hydrogen) atoms. The second-order valence-electron chi connectivity index (χ2n) is 8.51. The minimum Gasteiger partial charge on any atom is -0.444 e. The van der Waals surface area contributed by atoms with E-state index >= 15 is 0 Å². The van der Waals surface area contributed by atoms with E-state index in [-0.39, 0.29) is 24.1 Å². The van der Waals surface area contributed by atoms with Gasteiger partial charge in [0.05, 0.1) is 18.8 Å². The maximum Gasteiger partial charge on any atom is 0.410 e. The molecule has 3 rings (SSSR count). The Balaban J connectivity index is 1.67. The van der Waals surface area contributed by atoms with Gasteiger partial charge in [-0.2, -0.15) is 0 Å². The Morgan fingerprint density at radius 2 is 2.07 bits per heavy atom. The average Bonchev–Trinajstić information content (AvgIpc) is 2.62. The van der Waals surface area contributed by atoms with Crippen LogP contribution in [-0.2, 0) is 9.47 Å². The van der Waals surface area contributed by atoms with E-state index in [1.54, 1.807) is 18.0 Å². The fraction of sp³-hybridized carbons (Fsp3) is 0.619. The number of hydrogen-bond acceptors (Lipinski definition) is 5. The van der Waals surface area contributed by atoms with Gasteiger partial charge < -0.3 is 14.4 Å². The van der Waals surface area contributed by atoms with E-state index < -0.39 is 5.60 Å². The highest BCUT2D eigenvalue weighted by molar-refractivity contribution is 5.80. The topological polar surface area (TPSA) is 54.4 Å². The lowest BCUT2D eigenvalue weighted by atomic mass is 9.97. The van der Waals surface area contributed by atoms with Gasteiger partial charge in [0, 0.05) is 45.0 Å². The summed E-state index contributed by atoms with van der Waals surface area (Å²) in [6, 6.07) is 3.52. The molecule has 2 aliphatic heterocycles. The lowest BCUT2D eigenvalue weighted by Crippen LogP contribution is -2.60. The first-order valence-electron chi connectivity index (χ1n) is 9.73. The Morgan fingerprint density at radius 1 is 1.32 bits per heavy atom. The van der Waals surface area contributed by atoms with E-state index in [0.717, 1.165) is 24.2 Å². The van der Waals surface area contributed by atoms with Crippen molar-refractivity contribution in [3.8, 4) is 0 Å². The summed E-state index contributed by atoms with van der Waals surface area (Å²) in [5, 5.41) is 0. The zero-order valence-corrected chi connectivity index (χ0v) is 17.4. The molecular formula is C21H30FN3O3. The first kappa shape index (κ1) is 20.7. The van der Waals surface area contributed by atoms with Crippen LogP contribution in [0.25, 0.3) is 0 Å². The highest BCUT2D eigenvalue weighted by Crippen LogP contribution is 2.30. The number of morpholine rings is 1. The molecule has 154 valence electrons. The van der Waals surface area contributed by atoms with Crippen LogP contribution in [0, 0.1) is 12.7 Å². The van der Waals surface area contributed by atoms with Crippen LogP contribution in [0.15, 0.2) is 17.1 Å². The number of aryl methyl sites for hydroxylation is 1. The van der Waals surface area contributed by atoms with Crippen molar-refractivity contribution in [3.05, 3.63) is 34.6 Å². The molecule has 1 aromatic carbocycles. The third-order valence-corrected chi connectivity index (χ3v) is 5.15. The molecule has 2 saturated heterocycles. The summed E-state index contributed by atoms with van der Waals surface area (Å²) in [4.78, 5) is 20.4. The summed E-state index contributed by atoms with van der Waals surface area (Å²) in [5.74, 6) is -0.272. The number of nitrogens with zero attached hydrogens (tertiary/aromatic N) is 3. The molecule has 0 aromatic heterocycles. The zero-order valence-electron chi connectivity index (χ0n) is 17.4. The molecule has 1 aromatic rings. The van der Waals surface area contributed by atoms with Gasteiger partial charge in [0.15, 0.2) is 0 Å². The third-order valence-electron chi connectivity index (χ3n) is 5.15. The van der Waals surface area contributed by atoms with E-state index in [2.05, 4.69) is 9.89 Å². The van der Waals surface area contributed by atoms with Gasteiger partial charge in [-0.25, -0.2) is 9.18 Å². The standard InChI is InChI=1S/C21H30FN3O3/c1-14-8-18(22)15(10-23-5)9-17(14)19-12-24-6-7-25(11-16(24)13-27-19)20(26)28-21(2,3)4/h8-10,16,19H,6-7,11-13H2,1-5H3. The molecule has 6 nitrogen and oxygen atoms in total. The molecule has 0 bridgehead atoms. The number of amides is 1. The summed E-state index contributed by atoms with van der Waals surface area (Å²) >= 11 is 0. The van der Waals surface area contributed by atoms with Gasteiger partial charge in [-0.1, -0.05) is 0 Å². The van der Waals surface area contributed by atoms with Gasteiger partial charge in [-0.15, -0.1) is 0 Å². The molecule has 2 heterocycles. The molecule has 7 heteroatoms. The van der Waals surface area contributed by atoms with Crippen LogP contribution in [0.4, 0.5) is 9.18 Å². The summed E-state index contributed by atoms with van der Waals surface area (Å²) < 4.78 is 25.7. The lowest BCUT2D eigenvalue weighted by molar-refractivity contribution is -0.0908. The van der Waals surface area contributed by atoms with Crippen molar-refractivity contribution in [2.24, 2.45) is 4.99 Å². The van der Waals surface area contributed by atoms with Gasteiger partial charge >= 0.3 is 6.09 Å². The number of carbonyl (C=O) groups is 1. The molecule has 0 spiro atoms. The first-order chi connectivity index (χ1) is 13.2. The van der Waals surface area contributed by atoms with Crippen molar-refractivity contribution in [1.82, 2.24) is 9.80 Å². The van der Waals surface area contributed by atoms with Crippen LogP contribution in [0.3, 0.4) is 0 Å². The number of halogens is 1. The maximum atomic E-state index is 14.1. The average molecular weight is 391 g/mol. The Hall–Kier alpha value is -1.99. The van der Waals surface area contributed by atoms with Crippen LogP contribution in [0.5, 0.6) is 0 Å². The molecular weight excluding hydrogens is 361 g/mol. The molecule has 1 amide bonds. The van der Waals surface area contributed by atoms with Crippen LogP contribution in [-0.4, -0.2) is 73.6 Å². The van der Waals surface area contributed by atoms with Crippen LogP contribution in [0.1, 0.15) is 43.6 Å². The highest BCUT2D eigenvalue weighted by atomic mass is 19.1. The minimum atomic E-state index is -0.498. The summed E-state index contributed by atoms with van der Waals surface area (Å²) in [5.41, 5.74) is 1.84. The molecule has 2 atom stereocenters. The Morgan fingerprint density at radius 3 is 2.75 bits per heavy atom. The van der Waals surface area contributed by atoms with Gasteiger partial charge in [-0.05, 0) is 51.0 Å². The molecule has 0 aliphatic carbocycles. The number of fused-ring (bicyclic) bond motifs is 1. The molecule has 0 saturated carbocycles. The van der Waals surface area contributed by atoms with Gasteiger partial charge in [0.25, 0.3) is 0 Å². The maximum absolute atomic E-state index is 14.1. The van der Waals surface area contributed by atoms with E-state index in [9.17, 15) is 9.18 Å². The van der Waals surface area contributed by atoms with Gasteiger partial charge in [0.2, 0.25) is 0 Å². The number of carbonyl (C=O) groups excluding carboxylic acids is 1. The van der Waals surface area contributed by atoms with Crippen molar-refractivity contribution in [2.45, 2.75) is 45.4 Å². The van der Waals surface area contributed by atoms with Crippen molar-refractivity contribution >= 4 is 12.3 Å². The first-order valence-corrected chi connectivity index (χ1v) is 9.73. The van der Waals surface area contributed by atoms with E-state index in [1.807, 2.05) is 33.8 Å². The molecule has 2 unspecified atom stereocenters. The lowest BCUT2D eigenvalue weighted by Gasteiger charge is -2.46. The summed E-state index contributed by atoms with van der Waals surface area (Å²) in [6.45, 7) is 10.8. The fourth-order valence-corrected chi connectivity index (χ4v) is 3.76. The zero-order chi connectivity index (χ0) is 20.5. The number of aliphatic imine (C=N–C) groups is 1. The van der Waals surface area contributed by atoms with Crippen molar-refractivity contribution in [2.75, 3.05) is 39.8 Å². The van der Waals surface area contributed by atoms with Crippen molar-refractivity contribution < 1.29 is 18.7 Å². The quantitative estimate of drug-likeness (QED) is 0.727. The number of piperazine rings is 1. The van der Waals surface area contributed by atoms with Crippen LogP contribution in [0.2, 0.25) is 0 Å². The van der Waals surface area contributed by atoms with Crippen LogP contribution >= 0.6 is 0 Å². The summed E-state index contributed by atoms with van der Waals surface area (Å²) in [7, 11) is 1.63. The highest BCUT2D eigenvalue weighted by Gasteiger charge is 2.37. The second kappa shape index (κ2) is 8.17. The number of hydrogen-bond donors (Lipinski definition) is 0. The molecule has 2 aliphatic rings. The van der Waals surface area contributed by atoms with Gasteiger partial charge in [-0.3, -0.25) is 9.89 Å². The number of rotatable bonds is 2. The third kappa shape index (κ3) is 4.70. The van der Waals surface area contributed by atoms with E-state index in [1.165, 1.54) is 6.21 Å². The number of benzene rings is 1. The Labute approximate surface area is 166 Å². The molecule has 0 N–H and O–H groups in total. The SMILES string of the molecule is CN=Cc1cc(C2CN3CCN(C(=O)OC(C)(C)C)CC3CO2)c(C)cc1F. The van der Waals surface area contributed by atoms with Crippen LogP contribution < -0.4 is 0 Å². The molecule has 2 fully saturated rings. The summed E-state index contributed by atoms with van der Waals surface area (Å²) in [6.07, 6.45) is 1.14. The van der Waals surface area contributed by atoms with Crippen molar-refractivity contribution in [1.29, 1.82) is 0 Å². The number of ether oxygens (including phenoxy) is 2. The smallest absolute Gasteiger partial charge is 0.410 e. The minimum absolute atomic E-state index is 0.117. The van der Waals surface area contributed by atoms with Gasteiger partial charge in [0.1, 0.15) is 11.4 Å².